The summed E-state index contributed by atoms with van der Waals surface area (Å²) in [5.74, 6) is 0. The standard InChI is InChI=1S/C49H35N3/c1-5-16-34(17-6-1)49-42-31-28-35-32-37(46-33-36-18-13-14-26-44(36)52(46)40-23-11-4-12-24-40)29-30-41(35)47(42)48-43(50-49)25-15-27-45(48)51(38-19-7-2-8-20-38)39-21-9-3-10-22-39/h1-32,46H,33H2. The molecular weight excluding hydrogens is 631 g/mol. The van der Waals surface area contributed by atoms with Crippen molar-refractivity contribution in [1.82, 2.24) is 4.98 Å². The Balaban J connectivity index is 1.24. The van der Waals surface area contributed by atoms with Crippen LogP contribution in [0.25, 0.3) is 43.7 Å². The Labute approximate surface area is 303 Å². The van der Waals surface area contributed by atoms with Crippen molar-refractivity contribution in [3.8, 4) is 11.3 Å². The van der Waals surface area contributed by atoms with Gasteiger partial charge in [-0.2, -0.15) is 0 Å². The lowest BCUT2D eigenvalue weighted by Crippen LogP contribution is -2.19. The summed E-state index contributed by atoms with van der Waals surface area (Å²) >= 11 is 0. The molecule has 1 aromatic heterocycles. The van der Waals surface area contributed by atoms with Crippen LogP contribution in [0.15, 0.2) is 194 Å². The minimum atomic E-state index is 0.191. The average Bonchev–Trinajstić information content (AvgIpc) is 3.61. The first-order chi connectivity index (χ1) is 25.8. The van der Waals surface area contributed by atoms with Crippen LogP contribution in [0, 0.1) is 0 Å². The Hall–Kier alpha value is -6.71. The van der Waals surface area contributed by atoms with Gasteiger partial charge in [0.05, 0.1) is 22.9 Å². The van der Waals surface area contributed by atoms with Crippen LogP contribution in [-0.4, -0.2) is 4.98 Å². The van der Waals surface area contributed by atoms with E-state index in [1.165, 1.54) is 38.7 Å². The number of benzene rings is 8. The Morgan fingerprint density at radius 2 is 1.15 bits per heavy atom. The number of hydrogen-bond donors (Lipinski definition) is 0. The molecule has 1 aliphatic rings. The number of fused-ring (bicyclic) bond motifs is 6. The number of anilines is 5. The molecule has 0 amide bonds. The molecule has 1 atom stereocenters. The first-order valence-electron chi connectivity index (χ1n) is 18.0. The van der Waals surface area contributed by atoms with Crippen LogP contribution < -0.4 is 9.80 Å². The van der Waals surface area contributed by atoms with E-state index in [-0.39, 0.29) is 6.04 Å². The molecule has 52 heavy (non-hydrogen) atoms. The predicted molar refractivity (Wildman–Crippen MR) is 218 cm³/mol. The SMILES string of the molecule is c1ccc(-c2nc3cccc(N(c4ccccc4)c4ccccc4)c3c3c2ccc2cc(C4Cc5ccccc5N4c4ccccc4)ccc23)cc1. The molecule has 10 rings (SSSR count). The summed E-state index contributed by atoms with van der Waals surface area (Å²) < 4.78 is 0. The lowest BCUT2D eigenvalue weighted by Gasteiger charge is -2.29. The fraction of sp³-hybridized carbons (Fsp3) is 0.0408. The third-order valence-electron chi connectivity index (χ3n) is 10.5. The molecule has 0 saturated carbocycles. The molecule has 3 nitrogen and oxygen atoms in total. The molecule has 0 saturated heterocycles. The number of rotatable bonds is 6. The van der Waals surface area contributed by atoms with Crippen LogP contribution in [0.2, 0.25) is 0 Å². The summed E-state index contributed by atoms with van der Waals surface area (Å²) in [5.41, 5.74) is 11.6. The second-order valence-corrected chi connectivity index (χ2v) is 13.5. The highest BCUT2D eigenvalue weighted by atomic mass is 15.2. The van der Waals surface area contributed by atoms with E-state index in [0.29, 0.717) is 0 Å². The van der Waals surface area contributed by atoms with Crippen molar-refractivity contribution < 1.29 is 0 Å². The summed E-state index contributed by atoms with van der Waals surface area (Å²) in [4.78, 5) is 10.3. The highest BCUT2D eigenvalue weighted by Crippen LogP contribution is 2.48. The lowest BCUT2D eigenvalue weighted by atomic mass is 9.92. The lowest BCUT2D eigenvalue weighted by molar-refractivity contribution is 0.744. The van der Waals surface area contributed by atoms with Gasteiger partial charge in [0.1, 0.15) is 0 Å². The summed E-state index contributed by atoms with van der Waals surface area (Å²) in [6.45, 7) is 0. The van der Waals surface area contributed by atoms with Crippen molar-refractivity contribution >= 4 is 60.9 Å². The number of pyridine rings is 1. The second-order valence-electron chi connectivity index (χ2n) is 13.5. The van der Waals surface area contributed by atoms with E-state index in [4.69, 9.17) is 4.98 Å². The molecular formula is C49H35N3. The van der Waals surface area contributed by atoms with Crippen molar-refractivity contribution in [3.63, 3.8) is 0 Å². The average molecular weight is 666 g/mol. The largest absolute Gasteiger partial charge is 0.333 e. The fourth-order valence-electron chi connectivity index (χ4n) is 8.22. The van der Waals surface area contributed by atoms with E-state index >= 15 is 0 Å². The molecule has 0 fully saturated rings. The maximum atomic E-state index is 5.42. The minimum absolute atomic E-state index is 0.191. The maximum Gasteiger partial charge on any atom is 0.0788 e. The van der Waals surface area contributed by atoms with Crippen LogP contribution >= 0.6 is 0 Å². The predicted octanol–water partition coefficient (Wildman–Crippen LogP) is 13.1. The number of hydrogen-bond acceptors (Lipinski definition) is 3. The molecule has 0 bridgehead atoms. The van der Waals surface area contributed by atoms with Gasteiger partial charge in [-0.05, 0) is 89.0 Å². The molecule has 9 aromatic rings. The van der Waals surface area contributed by atoms with Crippen LogP contribution in [0.3, 0.4) is 0 Å². The number of para-hydroxylation sites is 4. The second kappa shape index (κ2) is 12.6. The van der Waals surface area contributed by atoms with Gasteiger partial charge in [-0.3, -0.25) is 0 Å². The topological polar surface area (TPSA) is 19.4 Å². The fourth-order valence-corrected chi connectivity index (χ4v) is 8.22. The maximum absolute atomic E-state index is 5.42. The third kappa shape index (κ3) is 5.01. The molecule has 0 aliphatic carbocycles. The Bertz CT molecular complexity index is 2670. The minimum Gasteiger partial charge on any atom is -0.333 e. The van der Waals surface area contributed by atoms with Crippen molar-refractivity contribution in [1.29, 1.82) is 0 Å². The molecule has 3 heteroatoms. The van der Waals surface area contributed by atoms with Gasteiger partial charge in [-0.15, -0.1) is 0 Å². The Morgan fingerprint density at radius 3 is 1.88 bits per heavy atom. The highest BCUT2D eigenvalue weighted by Gasteiger charge is 2.31. The summed E-state index contributed by atoms with van der Waals surface area (Å²) in [6.07, 6.45) is 0.961. The number of aromatic nitrogens is 1. The molecule has 0 radical (unpaired) electrons. The molecule has 0 spiro atoms. The molecule has 8 aromatic carbocycles. The van der Waals surface area contributed by atoms with Crippen LogP contribution in [-0.2, 0) is 6.42 Å². The monoisotopic (exact) mass is 665 g/mol. The van der Waals surface area contributed by atoms with Crippen molar-refractivity contribution in [2.45, 2.75) is 12.5 Å². The normalized spacial score (nSPS) is 13.8. The zero-order chi connectivity index (χ0) is 34.4. The first kappa shape index (κ1) is 30.1. The summed E-state index contributed by atoms with van der Waals surface area (Å²) in [5, 5.41) is 5.95. The molecule has 1 aliphatic heterocycles. The van der Waals surface area contributed by atoms with Gasteiger partial charge in [0, 0.05) is 44.5 Å². The first-order valence-corrected chi connectivity index (χ1v) is 18.0. The van der Waals surface area contributed by atoms with Gasteiger partial charge in [0.2, 0.25) is 0 Å². The quantitative estimate of drug-likeness (QED) is 0.165. The Morgan fingerprint density at radius 1 is 0.519 bits per heavy atom. The van der Waals surface area contributed by atoms with E-state index in [2.05, 4.69) is 204 Å². The zero-order valence-electron chi connectivity index (χ0n) is 28.6. The molecule has 1 unspecified atom stereocenters. The summed E-state index contributed by atoms with van der Waals surface area (Å²) in [7, 11) is 0. The smallest absolute Gasteiger partial charge is 0.0788 e. The third-order valence-corrected chi connectivity index (χ3v) is 10.5. The number of nitrogens with zero attached hydrogens (tertiary/aromatic N) is 3. The Kier molecular flexibility index (Phi) is 7.28. The van der Waals surface area contributed by atoms with Gasteiger partial charge in [0.25, 0.3) is 0 Å². The van der Waals surface area contributed by atoms with Crippen molar-refractivity contribution in [2.24, 2.45) is 0 Å². The van der Waals surface area contributed by atoms with E-state index in [9.17, 15) is 0 Å². The van der Waals surface area contributed by atoms with Crippen molar-refractivity contribution in [3.05, 3.63) is 205 Å². The highest BCUT2D eigenvalue weighted by molar-refractivity contribution is 6.26. The molecule has 246 valence electrons. The summed E-state index contributed by atoms with van der Waals surface area (Å²) in [6, 6.07) is 70.0. The molecule has 0 N–H and O–H groups in total. The van der Waals surface area contributed by atoms with Crippen LogP contribution in [0.5, 0.6) is 0 Å². The van der Waals surface area contributed by atoms with E-state index < -0.39 is 0 Å². The van der Waals surface area contributed by atoms with Gasteiger partial charge >= 0.3 is 0 Å². The van der Waals surface area contributed by atoms with E-state index in [1.54, 1.807) is 0 Å². The molecule has 2 heterocycles. The van der Waals surface area contributed by atoms with Crippen LogP contribution in [0.4, 0.5) is 28.4 Å². The van der Waals surface area contributed by atoms with Crippen molar-refractivity contribution in [2.75, 3.05) is 9.80 Å². The van der Waals surface area contributed by atoms with Crippen LogP contribution in [0.1, 0.15) is 17.2 Å². The zero-order valence-corrected chi connectivity index (χ0v) is 28.6. The van der Waals surface area contributed by atoms with E-state index in [1.807, 2.05) is 0 Å². The van der Waals surface area contributed by atoms with Gasteiger partial charge in [-0.25, -0.2) is 4.98 Å². The van der Waals surface area contributed by atoms with Gasteiger partial charge in [-0.1, -0.05) is 133 Å². The van der Waals surface area contributed by atoms with Gasteiger partial charge in [0.15, 0.2) is 0 Å². The van der Waals surface area contributed by atoms with Gasteiger partial charge < -0.3 is 9.80 Å². The van der Waals surface area contributed by atoms with E-state index in [0.717, 1.165) is 51.0 Å².